The molecule has 7 heteroatoms. The average Bonchev–Trinajstić information content (AvgIpc) is 3.24. The van der Waals surface area contributed by atoms with Gasteiger partial charge in [0.05, 0.1) is 14.2 Å². The Morgan fingerprint density at radius 3 is 2.61 bits per heavy atom. The standard InChI is InChI=1S/C21H28N4O3/c1-22-21(25-16-8-9-18(26-2)19(13-16)27-3)24-14-15-10-11-23-20(12-15)28-17-6-4-5-7-17/h8-13,17H,4-7,14H2,1-3H3,(H2,22,24,25). The lowest BCUT2D eigenvalue weighted by atomic mass is 10.2. The van der Waals surface area contributed by atoms with Gasteiger partial charge >= 0.3 is 0 Å². The van der Waals surface area contributed by atoms with Gasteiger partial charge in [0.2, 0.25) is 5.88 Å². The van der Waals surface area contributed by atoms with Gasteiger partial charge in [0.1, 0.15) is 6.10 Å². The monoisotopic (exact) mass is 384 g/mol. The number of guanidine groups is 1. The number of hydrogen-bond acceptors (Lipinski definition) is 5. The molecule has 3 rings (SSSR count). The highest BCUT2D eigenvalue weighted by atomic mass is 16.5. The molecular weight excluding hydrogens is 356 g/mol. The maximum Gasteiger partial charge on any atom is 0.213 e. The molecule has 28 heavy (non-hydrogen) atoms. The third-order valence-electron chi connectivity index (χ3n) is 4.72. The molecule has 1 heterocycles. The highest BCUT2D eigenvalue weighted by Crippen LogP contribution is 2.29. The van der Waals surface area contributed by atoms with E-state index in [0.717, 1.165) is 24.1 Å². The molecule has 0 aliphatic heterocycles. The van der Waals surface area contributed by atoms with Crippen LogP contribution in [0.5, 0.6) is 17.4 Å². The van der Waals surface area contributed by atoms with Crippen LogP contribution in [0.3, 0.4) is 0 Å². The lowest BCUT2D eigenvalue weighted by Crippen LogP contribution is -2.30. The molecule has 1 aliphatic rings. The van der Waals surface area contributed by atoms with Gasteiger partial charge in [-0.3, -0.25) is 4.99 Å². The first kappa shape index (κ1) is 19.8. The molecule has 2 N–H and O–H groups in total. The smallest absolute Gasteiger partial charge is 0.213 e. The number of methoxy groups -OCH3 is 2. The van der Waals surface area contributed by atoms with Crippen molar-refractivity contribution in [3.05, 3.63) is 42.1 Å². The Balaban J connectivity index is 1.58. The Morgan fingerprint density at radius 1 is 1.11 bits per heavy atom. The zero-order valence-electron chi connectivity index (χ0n) is 16.7. The molecule has 7 nitrogen and oxygen atoms in total. The molecule has 0 bridgehead atoms. The van der Waals surface area contributed by atoms with Crippen molar-refractivity contribution in [1.29, 1.82) is 0 Å². The van der Waals surface area contributed by atoms with E-state index in [0.29, 0.717) is 36.0 Å². The minimum absolute atomic E-state index is 0.301. The molecular formula is C21H28N4O3. The van der Waals surface area contributed by atoms with Gasteiger partial charge in [-0.15, -0.1) is 0 Å². The number of nitrogens with one attached hydrogen (secondary N) is 2. The molecule has 0 radical (unpaired) electrons. The minimum atomic E-state index is 0.301. The summed E-state index contributed by atoms with van der Waals surface area (Å²) >= 11 is 0. The average molecular weight is 384 g/mol. The van der Waals surface area contributed by atoms with Crippen molar-refractivity contribution in [3.8, 4) is 17.4 Å². The Morgan fingerprint density at radius 2 is 1.89 bits per heavy atom. The Labute approximate surface area is 166 Å². The van der Waals surface area contributed by atoms with E-state index in [1.807, 2.05) is 30.3 Å². The number of aromatic nitrogens is 1. The zero-order chi connectivity index (χ0) is 19.8. The number of anilines is 1. The first-order chi connectivity index (χ1) is 13.7. The van der Waals surface area contributed by atoms with Crippen molar-refractivity contribution in [2.45, 2.75) is 38.3 Å². The van der Waals surface area contributed by atoms with Crippen molar-refractivity contribution in [3.63, 3.8) is 0 Å². The molecule has 150 valence electrons. The van der Waals surface area contributed by atoms with E-state index in [2.05, 4.69) is 20.6 Å². The largest absolute Gasteiger partial charge is 0.493 e. The van der Waals surface area contributed by atoms with Gasteiger partial charge in [-0.05, 0) is 49.4 Å². The number of rotatable bonds is 7. The van der Waals surface area contributed by atoms with E-state index in [-0.39, 0.29) is 0 Å². The van der Waals surface area contributed by atoms with Crippen LogP contribution < -0.4 is 24.8 Å². The summed E-state index contributed by atoms with van der Waals surface area (Å²) in [5, 5.41) is 6.56. The first-order valence-electron chi connectivity index (χ1n) is 9.53. The molecule has 0 spiro atoms. The van der Waals surface area contributed by atoms with Crippen LogP contribution in [0.15, 0.2) is 41.5 Å². The summed E-state index contributed by atoms with van der Waals surface area (Å²) in [4.78, 5) is 8.61. The van der Waals surface area contributed by atoms with Crippen LogP contribution in [0.4, 0.5) is 5.69 Å². The Hall–Kier alpha value is -2.96. The quantitative estimate of drug-likeness (QED) is 0.561. The third-order valence-corrected chi connectivity index (χ3v) is 4.72. The maximum absolute atomic E-state index is 5.98. The molecule has 1 aromatic heterocycles. The molecule has 1 aliphatic carbocycles. The van der Waals surface area contributed by atoms with Crippen molar-refractivity contribution in [1.82, 2.24) is 10.3 Å². The fourth-order valence-corrected chi connectivity index (χ4v) is 3.22. The number of hydrogen-bond donors (Lipinski definition) is 2. The van der Waals surface area contributed by atoms with Crippen LogP contribution in [0.2, 0.25) is 0 Å². The molecule has 0 atom stereocenters. The van der Waals surface area contributed by atoms with Crippen LogP contribution in [0.25, 0.3) is 0 Å². The number of benzene rings is 1. The molecule has 0 saturated heterocycles. The lowest BCUT2D eigenvalue weighted by Gasteiger charge is -2.15. The predicted octanol–water partition coefficient (Wildman–Crippen LogP) is 3.61. The fourth-order valence-electron chi connectivity index (χ4n) is 3.22. The zero-order valence-corrected chi connectivity index (χ0v) is 16.7. The minimum Gasteiger partial charge on any atom is -0.493 e. The van der Waals surface area contributed by atoms with Crippen LogP contribution in [0, 0.1) is 0 Å². The number of aliphatic imine (C=N–C) groups is 1. The summed E-state index contributed by atoms with van der Waals surface area (Å²) < 4.78 is 16.6. The normalized spacial score (nSPS) is 14.6. The second kappa shape index (κ2) is 9.82. The number of ether oxygens (including phenoxy) is 3. The SMILES string of the molecule is CN=C(NCc1ccnc(OC2CCCC2)c1)Nc1ccc(OC)c(OC)c1. The first-order valence-corrected chi connectivity index (χ1v) is 9.53. The van der Waals surface area contributed by atoms with Crippen LogP contribution >= 0.6 is 0 Å². The fraction of sp³-hybridized carbons (Fsp3) is 0.429. The van der Waals surface area contributed by atoms with Gasteiger partial charge in [-0.25, -0.2) is 4.98 Å². The van der Waals surface area contributed by atoms with Gasteiger partial charge < -0.3 is 24.8 Å². The van der Waals surface area contributed by atoms with Crippen molar-refractivity contribution < 1.29 is 14.2 Å². The van der Waals surface area contributed by atoms with Gasteiger partial charge in [-0.2, -0.15) is 0 Å². The van der Waals surface area contributed by atoms with Crippen molar-refractivity contribution >= 4 is 11.6 Å². The van der Waals surface area contributed by atoms with Crippen LogP contribution in [-0.4, -0.2) is 38.3 Å². The summed E-state index contributed by atoms with van der Waals surface area (Å²) in [6, 6.07) is 9.58. The lowest BCUT2D eigenvalue weighted by molar-refractivity contribution is 0.201. The second-order valence-corrected chi connectivity index (χ2v) is 6.65. The van der Waals surface area contributed by atoms with Crippen molar-refractivity contribution in [2.75, 3.05) is 26.6 Å². The topological polar surface area (TPSA) is 77.0 Å². The van der Waals surface area contributed by atoms with E-state index >= 15 is 0 Å². The summed E-state index contributed by atoms with van der Waals surface area (Å²) in [7, 11) is 4.96. The van der Waals surface area contributed by atoms with Crippen LogP contribution in [0.1, 0.15) is 31.2 Å². The van der Waals surface area contributed by atoms with Gasteiger partial charge in [0.25, 0.3) is 0 Å². The second-order valence-electron chi connectivity index (χ2n) is 6.65. The predicted molar refractivity (Wildman–Crippen MR) is 110 cm³/mol. The number of nitrogens with zero attached hydrogens (tertiary/aromatic N) is 2. The summed E-state index contributed by atoms with van der Waals surface area (Å²) in [5.41, 5.74) is 1.93. The summed E-state index contributed by atoms with van der Waals surface area (Å²) in [5.74, 6) is 2.68. The Kier molecular flexibility index (Phi) is 6.94. The van der Waals surface area contributed by atoms with Crippen LogP contribution in [-0.2, 0) is 6.54 Å². The number of pyridine rings is 1. The molecule has 0 amide bonds. The third kappa shape index (κ3) is 5.28. The summed E-state index contributed by atoms with van der Waals surface area (Å²) in [6.07, 6.45) is 6.80. The van der Waals surface area contributed by atoms with Gasteiger partial charge in [0, 0.05) is 37.6 Å². The summed E-state index contributed by atoms with van der Waals surface area (Å²) in [6.45, 7) is 0.608. The molecule has 1 fully saturated rings. The van der Waals surface area contributed by atoms with Gasteiger partial charge in [0.15, 0.2) is 17.5 Å². The van der Waals surface area contributed by atoms with E-state index < -0.39 is 0 Å². The van der Waals surface area contributed by atoms with E-state index in [1.54, 1.807) is 27.5 Å². The molecule has 1 saturated carbocycles. The Bertz CT molecular complexity index is 804. The van der Waals surface area contributed by atoms with Gasteiger partial charge in [-0.1, -0.05) is 0 Å². The van der Waals surface area contributed by atoms with Crippen molar-refractivity contribution in [2.24, 2.45) is 4.99 Å². The van der Waals surface area contributed by atoms with E-state index in [9.17, 15) is 0 Å². The van der Waals surface area contributed by atoms with E-state index in [1.165, 1.54) is 12.8 Å². The molecule has 1 aromatic carbocycles. The van der Waals surface area contributed by atoms with E-state index in [4.69, 9.17) is 14.2 Å². The maximum atomic E-state index is 5.98. The molecule has 0 unspecified atom stereocenters. The molecule has 2 aromatic rings. The highest BCUT2D eigenvalue weighted by Gasteiger charge is 2.17. The highest BCUT2D eigenvalue weighted by molar-refractivity contribution is 5.93.